The van der Waals surface area contributed by atoms with Gasteiger partial charge >= 0.3 is 0 Å². The number of nitrogens with two attached hydrogens (primary N) is 1. The number of anilines is 1. The Morgan fingerprint density at radius 3 is 2.47 bits per heavy atom. The van der Waals surface area contributed by atoms with Gasteiger partial charge < -0.3 is 15.6 Å². The van der Waals surface area contributed by atoms with E-state index in [9.17, 15) is 0 Å². The first-order chi connectivity index (χ1) is 9.11. The van der Waals surface area contributed by atoms with E-state index in [0.717, 1.165) is 35.6 Å². The highest BCUT2D eigenvalue weighted by Gasteiger charge is 2.08. The highest BCUT2D eigenvalue weighted by atomic mass is 15.1. The fraction of sp³-hybridized carbons (Fsp3) is 0.400. The molecule has 1 aromatic carbocycles. The van der Waals surface area contributed by atoms with Gasteiger partial charge in [-0.05, 0) is 32.0 Å². The van der Waals surface area contributed by atoms with Crippen LogP contribution in [0.2, 0.25) is 0 Å². The van der Waals surface area contributed by atoms with E-state index in [2.05, 4.69) is 46.1 Å². The van der Waals surface area contributed by atoms with Gasteiger partial charge in [-0.15, -0.1) is 0 Å². The van der Waals surface area contributed by atoms with E-state index < -0.39 is 0 Å². The molecule has 0 radical (unpaired) electrons. The van der Waals surface area contributed by atoms with E-state index in [0.29, 0.717) is 6.54 Å². The number of aryl methyl sites for hydroxylation is 2. The van der Waals surface area contributed by atoms with Crippen molar-refractivity contribution in [2.75, 3.05) is 25.5 Å². The number of hydrogen-bond donors (Lipinski definition) is 2. The van der Waals surface area contributed by atoms with Crippen molar-refractivity contribution in [2.24, 2.45) is 5.73 Å². The number of aromatic amines is 1. The average Bonchev–Trinajstić information content (AvgIpc) is 2.77. The van der Waals surface area contributed by atoms with Crippen LogP contribution in [0.4, 0.5) is 5.69 Å². The van der Waals surface area contributed by atoms with E-state index in [1.54, 1.807) is 0 Å². The standard InChI is InChI=1S/C15H22N4/c1-11-15(18-14(17-11)5-4-10-16)12-6-8-13(9-7-12)19(2)3/h6-9H,4-5,10,16H2,1-3H3,(H,17,18). The van der Waals surface area contributed by atoms with Crippen LogP contribution < -0.4 is 10.6 Å². The van der Waals surface area contributed by atoms with Crippen molar-refractivity contribution in [3.8, 4) is 11.3 Å². The van der Waals surface area contributed by atoms with E-state index in [-0.39, 0.29) is 0 Å². The molecule has 19 heavy (non-hydrogen) atoms. The molecule has 0 unspecified atom stereocenters. The average molecular weight is 258 g/mol. The molecule has 0 aliphatic carbocycles. The number of nitrogens with one attached hydrogen (secondary N) is 1. The van der Waals surface area contributed by atoms with Gasteiger partial charge in [0.15, 0.2) is 0 Å². The van der Waals surface area contributed by atoms with Crippen LogP contribution in [0.5, 0.6) is 0 Å². The molecule has 2 rings (SSSR count). The molecule has 3 N–H and O–H groups in total. The molecule has 0 aliphatic rings. The Bertz CT molecular complexity index is 526. The predicted molar refractivity (Wildman–Crippen MR) is 80.5 cm³/mol. The summed E-state index contributed by atoms with van der Waals surface area (Å²) < 4.78 is 0. The number of benzene rings is 1. The van der Waals surface area contributed by atoms with Crippen molar-refractivity contribution in [3.05, 3.63) is 35.8 Å². The summed E-state index contributed by atoms with van der Waals surface area (Å²) in [6.45, 7) is 2.76. The molecule has 0 aliphatic heterocycles. The number of imidazole rings is 1. The topological polar surface area (TPSA) is 57.9 Å². The Morgan fingerprint density at radius 1 is 1.21 bits per heavy atom. The minimum Gasteiger partial charge on any atom is -0.378 e. The van der Waals surface area contributed by atoms with Crippen LogP contribution in [0.3, 0.4) is 0 Å². The molecule has 0 bridgehead atoms. The number of nitrogens with zero attached hydrogens (tertiary/aromatic N) is 2. The summed E-state index contributed by atoms with van der Waals surface area (Å²) in [7, 11) is 4.08. The summed E-state index contributed by atoms with van der Waals surface area (Å²) in [4.78, 5) is 10.1. The fourth-order valence-corrected chi connectivity index (χ4v) is 2.11. The minimum atomic E-state index is 0.701. The van der Waals surface area contributed by atoms with Crippen LogP contribution in [0.1, 0.15) is 17.9 Å². The van der Waals surface area contributed by atoms with Crippen LogP contribution in [-0.2, 0) is 6.42 Å². The zero-order valence-corrected chi connectivity index (χ0v) is 11.9. The first-order valence-electron chi connectivity index (χ1n) is 6.65. The molecular weight excluding hydrogens is 236 g/mol. The normalized spacial score (nSPS) is 10.7. The maximum absolute atomic E-state index is 5.53. The molecular formula is C15H22N4. The second-order valence-corrected chi connectivity index (χ2v) is 4.99. The van der Waals surface area contributed by atoms with Crippen LogP contribution in [0, 0.1) is 6.92 Å². The lowest BCUT2D eigenvalue weighted by molar-refractivity contribution is 0.792. The summed E-state index contributed by atoms with van der Waals surface area (Å²) in [6, 6.07) is 8.46. The largest absolute Gasteiger partial charge is 0.378 e. The Balaban J connectivity index is 2.23. The van der Waals surface area contributed by atoms with Crippen molar-refractivity contribution in [1.82, 2.24) is 9.97 Å². The van der Waals surface area contributed by atoms with Gasteiger partial charge in [0.05, 0.1) is 5.69 Å². The lowest BCUT2D eigenvalue weighted by atomic mass is 10.1. The third-order valence-corrected chi connectivity index (χ3v) is 3.21. The highest BCUT2D eigenvalue weighted by molar-refractivity contribution is 5.65. The van der Waals surface area contributed by atoms with E-state index >= 15 is 0 Å². The van der Waals surface area contributed by atoms with Gasteiger partial charge in [0.25, 0.3) is 0 Å². The van der Waals surface area contributed by atoms with Crippen molar-refractivity contribution >= 4 is 5.69 Å². The van der Waals surface area contributed by atoms with Gasteiger partial charge in [-0.3, -0.25) is 0 Å². The van der Waals surface area contributed by atoms with Crippen molar-refractivity contribution in [1.29, 1.82) is 0 Å². The van der Waals surface area contributed by atoms with Crippen molar-refractivity contribution in [2.45, 2.75) is 19.8 Å². The SMILES string of the molecule is Cc1[nH]c(CCCN)nc1-c1ccc(N(C)C)cc1. The van der Waals surface area contributed by atoms with Gasteiger partial charge in [-0.25, -0.2) is 4.98 Å². The lowest BCUT2D eigenvalue weighted by Crippen LogP contribution is -2.07. The van der Waals surface area contributed by atoms with Gasteiger partial charge in [0.2, 0.25) is 0 Å². The molecule has 0 amide bonds. The predicted octanol–water partition coefficient (Wildman–Crippen LogP) is 2.34. The van der Waals surface area contributed by atoms with Crippen molar-refractivity contribution in [3.63, 3.8) is 0 Å². The fourth-order valence-electron chi connectivity index (χ4n) is 2.11. The highest BCUT2D eigenvalue weighted by Crippen LogP contribution is 2.24. The van der Waals surface area contributed by atoms with E-state index in [1.807, 2.05) is 14.1 Å². The zero-order chi connectivity index (χ0) is 13.8. The monoisotopic (exact) mass is 258 g/mol. The zero-order valence-electron chi connectivity index (χ0n) is 11.9. The number of H-pyrrole nitrogens is 1. The van der Waals surface area contributed by atoms with Gasteiger partial charge in [0.1, 0.15) is 5.82 Å². The molecule has 0 saturated heterocycles. The maximum atomic E-state index is 5.53. The van der Waals surface area contributed by atoms with Crippen LogP contribution in [0.25, 0.3) is 11.3 Å². The second kappa shape index (κ2) is 5.89. The van der Waals surface area contributed by atoms with Crippen LogP contribution in [0.15, 0.2) is 24.3 Å². The molecule has 102 valence electrons. The first kappa shape index (κ1) is 13.6. The first-order valence-corrected chi connectivity index (χ1v) is 6.65. The summed E-state index contributed by atoms with van der Waals surface area (Å²) in [6.07, 6.45) is 1.87. The molecule has 0 saturated carbocycles. The summed E-state index contributed by atoms with van der Waals surface area (Å²) >= 11 is 0. The Kier molecular flexibility index (Phi) is 4.22. The Labute approximate surface area is 114 Å². The van der Waals surface area contributed by atoms with Gasteiger partial charge in [0, 0.05) is 37.5 Å². The Morgan fingerprint density at radius 2 is 1.89 bits per heavy atom. The molecule has 4 heteroatoms. The minimum absolute atomic E-state index is 0.701. The Hall–Kier alpha value is -1.81. The third-order valence-electron chi connectivity index (χ3n) is 3.21. The summed E-state index contributed by atoms with van der Waals surface area (Å²) in [5, 5.41) is 0. The quantitative estimate of drug-likeness (QED) is 0.865. The summed E-state index contributed by atoms with van der Waals surface area (Å²) in [5.74, 6) is 1.02. The molecule has 1 aromatic heterocycles. The molecule has 4 nitrogen and oxygen atoms in total. The number of aromatic nitrogens is 2. The van der Waals surface area contributed by atoms with Crippen molar-refractivity contribution < 1.29 is 0 Å². The van der Waals surface area contributed by atoms with Crippen LogP contribution >= 0.6 is 0 Å². The molecule has 0 atom stereocenters. The van der Waals surface area contributed by atoms with E-state index in [1.165, 1.54) is 5.69 Å². The molecule has 0 spiro atoms. The summed E-state index contributed by atoms with van der Waals surface area (Å²) in [5.41, 5.74) is 10.0. The number of rotatable bonds is 5. The molecule has 2 aromatic rings. The number of hydrogen-bond acceptors (Lipinski definition) is 3. The maximum Gasteiger partial charge on any atom is 0.107 e. The smallest absolute Gasteiger partial charge is 0.107 e. The van der Waals surface area contributed by atoms with Crippen LogP contribution in [-0.4, -0.2) is 30.6 Å². The second-order valence-electron chi connectivity index (χ2n) is 4.99. The van der Waals surface area contributed by atoms with Gasteiger partial charge in [-0.2, -0.15) is 0 Å². The third kappa shape index (κ3) is 3.15. The van der Waals surface area contributed by atoms with Gasteiger partial charge in [-0.1, -0.05) is 12.1 Å². The lowest BCUT2D eigenvalue weighted by Gasteiger charge is -2.12. The molecule has 1 heterocycles. The molecule has 0 fully saturated rings. The van der Waals surface area contributed by atoms with E-state index in [4.69, 9.17) is 5.73 Å².